The van der Waals surface area contributed by atoms with E-state index in [9.17, 15) is 13.2 Å². The standard InChI is InChI=1S/C17H18N2O3S2/c20-16(12-13-6-1-2-7-13)18-14-8-3-4-9-15(14)19-24(21,22)17-10-5-11-23-17/h1,3-6,8-11,13,19H,2,7,12H2,(H,18,20)/t13-/m1/s1. The van der Waals surface area contributed by atoms with Crippen molar-refractivity contribution in [2.75, 3.05) is 10.0 Å². The average Bonchev–Trinajstić information content (AvgIpc) is 3.22. The van der Waals surface area contributed by atoms with Gasteiger partial charge in [0.05, 0.1) is 11.4 Å². The Hall–Kier alpha value is -2.12. The number of anilines is 2. The SMILES string of the molecule is O=C(C[C@@H]1C=CCC1)Nc1ccccc1NS(=O)(=O)c1cccs1. The van der Waals surface area contributed by atoms with Gasteiger partial charge in [-0.2, -0.15) is 0 Å². The van der Waals surface area contributed by atoms with Crippen LogP contribution in [0, 0.1) is 5.92 Å². The molecule has 2 aromatic rings. The third kappa shape index (κ3) is 4.04. The van der Waals surface area contributed by atoms with Gasteiger partial charge in [-0.05, 0) is 42.3 Å². The zero-order valence-corrected chi connectivity index (χ0v) is 14.6. The van der Waals surface area contributed by atoms with Crippen LogP contribution in [0.3, 0.4) is 0 Å². The predicted molar refractivity (Wildman–Crippen MR) is 96.7 cm³/mol. The summed E-state index contributed by atoms with van der Waals surface area (Å²) in [5.41, 5.74) is 0.825. The maximum absolute atomic E-state index is 12.4. The first-order valence-corrected chi connectivity index (χ1v) is 10.0. The number of para-hydroxylation sites is 2. The normalized spacial score (nSPS) is 16.9. The quantitative estimate of drug-likeness (QED) is 0.767. The molecular formula is C17H18N2O3S2. The number of allylic oxidation sites excluding steroid dienone is 2. The lowest BCUT2D eigenvalue weighted by molar-refractivity contribution is -0.116. The summed E-state index contributed by atoms with van der Waals surface area (Å²) in [7, 11) is -3.64. The minimum Gasteiger partial charge on any atom is -0.324 e. The monoisotopic (exact) mass is 362 g/mol. The minimum atomic E-state index is -3.64. The molecular weight excluding hydrogens is 344 g/mol. The summed E-state index contributed by atoms with van der Waals surface area (Å²) in [6.07, 6.45) is 6.55. The number of hydrogen-bond donors (Lipinski definition) is 2. The van der Waals surface area contributed by atoms with E-state index in [1.165, 1.54) is 0 Å². The fraction of sp³-hybridized carbons (Fsp3) is 0.235. The molecule has 0 bridgehead atoms. The average molecular weight is 362 g/mol. The van der Waals surface area contributed by atoms with Crippen LogP contribution < -0.4 is 10.0 Å². The van der Waals surface area contributed by atoms with Gasteiger partial charge in [0.1, 0.15) is 4.21 Å². The Kier molecular flexibility index (Phi) is 5.01. The van der Waals surface area contributed by atoms with Crippen LogP contribution >= 0.6 is 11.3 Å². The predicted octanol–water partition coefficient (Wildman–Crippen LogP) is 3.84. The van der Waals surface area contributed by atoms with E-state index >= 15 is 0 Å². The van der Waals surface area contributed by atoms with Crippen molar-refractivity contribution in [2.45, 2.75) is 23.5 Å². The Morgan fingerprint density at radius 3 is 2.62 bits per heavy atom. The lowest BCUT2D eigenvalue weighted by atomic mass is 10.1. The van der Waals surface area contributed by atoms with E-state index in [1.54, 1.807) is 41.8 Å². The number of nitrogens with one attached hydrogen (secondary N) is 2. The van der Waals surface area contributed by atoms with Crippen molar-refractivity contribution >= 4 is 38.6 Å². The molecule has 0 radical (unpaired) electrons. The molecule has 3 rings (SSSR count). The number of hydrogen-bond acceptors (Lipinski definition) is 4. The Morgan fingerprint density at radius 2 is 1.96 bits per heavy atom. The summed E-state index contributed by atoms with van der Waals surface area (Å²) in [6.45, 7) is 0. The molecule has 1 aromatic carbocycles. The van der Waals surface area contributed by atoms with Gasteiger partial charge in [-0.3, -0.25) is 9.52 Å². The molecule has 0 saturated carbocycles. The first kappa shape index (κ1) is 16.7. The van der Waals surface area contributed by atoms with Gasteiger partial charge in [-0.15, -0.1) is 11.3 Å². The Morgan fingerprint density at radius 1 is 1.17 bits per heavy atom. The van der Waals surface area contributed by atoms with Crippen LogP contribution in [-0.2, 0) is 14.8 Å². The summed E-state index contributed by atoms with van der Waals surface area (Å²) in [4.78, 5) is 12.2. The fourth-order valence-electron chi connectivity index (χ4n) is 2.60. The number of benzene rings is 1. The molecule has 1 aromatic heterocycles. The van der Waals surface area contributed by atoms with E-state index in [2.05, 4.69) is 22.2 Å². The fourth-order valence-corrected chi connectivity index (χ4v) is 4.67. The van der Waals surface area contributed by atoms with E-state index in [0.717, 1.165) is 24.2 Å². The van der Waals surface area contributed by atoms with Crippen LogP contribution in [0.25, 0.3) is 0 Å². The van der Waals surface area contributed by atoms with Crippen LogP contribution in [0.2, 0.25) is 0 Å². The van der Waals surface area contributed by atoms with Gasteiger partial charge >= 0.3 is 0 Å². The third-order valence-electron chi connectivity index (χ3n) is 3.77. The summed E-state index contributed by atoms with van der Waals surface area (Å²) in [6, 6.07) is 10.0. The highest BCUT2D eigenvalue weighted by Crippen LogP contribution is 2.27. The second-order valence-electron chi connectivity index (χ2n) is 5.60. The van der Waals surface area contributed by atoms with E-state index in [1.807, 2.05) is 0 Å². The first-order valence-electron chi connectivity index (χ1n) is 7.66. The molecule has 0 spiro atoms. The Balaban J connectivity index is 1.73. The van der Waals surface area contributed by atoms with Gasteiger partial charge in [0.2, 0.25) is 5.91 Å². The summed E-state index contributed by atoms with van der Waals surface area (Å²) >= 11 is 1.14. The Bertz CT molecular complexity index is 842. The highest BCUT2D eigenvalue weighted by molar-refractivity contribution is 7.94. The number of carbonyl (C=O) groups is 1. The van der Waals surface area contributed by atoms with Crippen LogP contribution in [0.15, 0.2) is 58.1 Å². The molecule has 24 heavy (non-hydrogen) atoms. The van der Waals surface area contributed by atoms with Gasteiger partial charge in [0.25, 0.3) is 10.0 Å². The largest absolute Gasteiger partial charge is 0.324 e. The lowest BCUT2D eigenvalue weighted by Crippen LogP contribution is -2.18. The number of carbonyl (C=O) groups excluding carboxylic acids is 1. The Labute approximate surface area is 145 Å². The minimum absolute atomic E-state index is 0.116. The number of thiophene rings is 1. The zero-order chi connectivity index (χ0) is 17.0. The highest BCUT2D eigenvalue weighted by Gasteiger charge is 2.19. The molecule has 1 aliphatic carbocycles. The van der Waals surface area contributed by atoms with Crippen molar-refractivity contribution in [3.05, 3.63) is 53.9 Å². The molecule has 2 N–H and O–H groups in total. The molecule has 1 heterocycles. The van der Waals surface area contributed by atoms with E-state index in [0.29, 0.717) is 17.8 Å². The van der Waals surface area contributed by atoms with E-state index in [-0.39, 0.29) is 16.0 Å². The number of sulfonamides is 1. The maximum atomic E-state index is 12.4. The molecule has 5 nitrogen and oxygen atoms in total. The molecule has 1 atom stereocenters. The molecule has 0 fully saturated rings. The molecule has 1 aliphatic rings. The molecule has 0 unspecified atom stereocenters. The van der Waals surface area contributed by atoms with Crippen molar-refractivity contribution in [2.24, 2.45) is 5.92 Å². The van der Waals surface area contributed by atoms with E-state index < -0.39 is 10.0 Å². The molecule has 1 amide bonds. The topological polar surface area (TPSA) is 75.3 Å². The van der Waals surface area contributed by atoms with Crippen LogP contribution in [0.5, 0.6) is 0 Å². The van der Waals surface area contributed by atoms with Gasteiger partial charge in [0, 0.05) is 6.42 Å². The zero-order valence-electron chi connectivity index (χ0n) is 12.9. The van der Waals surface area contributed by atoms with Crippen molar-refractivity contribution in [3.63, 3.8) is 0 Å². The van der Waals surface area contributed by atoms with Crippen molar-refractivity contribution in [3.8, 4) is 0 Å². The third-order valence-corrected chi connectivity index (χ3v) is 6.53. The van der Waals surface area contributed by atoms with Crippen LogP contribution in [0.4, 0.5) is 11.4 Å². The number of rotatable bonds is 6. The maximum Gasteiger partial charge on any atom is 0.271 e. The summed E-state index contributed by atoms with van der Waals surface area (Å²) in [5, 5.41) is 4.51. The first-order chi connectivity index (χ1) is 11.5. The van der Waals surface area contributed by atoms with Gasteiger partial charge in [0.15, 0.2) is 0 Å². The summed E-state index contributed by atoms with van der Waals surface area (Å²) in [5.74, 6) is 0.147. The smallest absolute Gasteiger partial charge is 0.271 e. The molecule has 126 valence electrons. The van der Waals surface area contributed by atoms with Gasteiger partial charge in [-0.1, -0.05) is 30.4 Å². The second-order valence-corrected chi connectivity index (χ2v) is 8.46. The summed E-state index contributed by atoms with van der Waals surface area (Å²) < 4.78 is 27.5. The highest BCUT2D eigenvalue weighted by atomic mass is 32.2. The van der Waals surface area contributed by atoms with Crippen LogP contribution in [-0.4, -0.2) is 14.3 Å². The lowest BCUT2D eigenvalue weighted by Gasteiger charge is -2.14. The van der Waals surface area contributed by atoms with E-state index in [4.69, 9.17) is 0 Å². The molecule has 0 saturated heterocycles. The number of amides is 1. The van der Waals surface area contributed by atoms with Crippen LogP contribution in [0.1, 0.15) is 19.3 Å². The molecule has 0 aliphatic heterocycles. The van der Waals surface area contributed by atoms with Crippen molar-refractivity contribution < 1.29 is 13.2 Å². The van der Waals surface area contributed by atoms with Crippen molar-refractivity contribution in [1.82, 2.24) is 0 Å². The van der Waals surface area contributed by atoms with Gasteiger partial charge < -0.3 is 5.32 Å². The van der Waals surface area contributed by atoms with Gasteiger partial charge in [-0.25, -0.2) is 8.42 Å². The van der Waals surface area contributed by atoms with Crippen molar-refractivity contribution in [1.29, 1.82) is 0 Å². The molecule has 7 heteroatoms. The second kappa shape index (κ2) is 7.19.